The van der Waals surface area contributed by atoms with Gasteiger partial charge in [0.25, 0.3) is 0 Å². The summed E-state index contributed by atoms with van der Waals surface area (Å²) in [5, 5.41) is 16.2. The van der Waals surface area contributed by atoms with Gasteiger partial charge in [-0.2, -0.15) is 0 Å². The minimum Gasteiger partial charge on any atom is -0.489 e. The fourth-order valence-electron chi connectivity index (χ4n) is 3.60. The first kappa shape index (κ1) is 22.1. The average molecular weight is 412 g/mol. The normalized spacial score (nSPS) is 18.9. The second-order valence-electron chi connectivity index (χ2n) is 7.71. The van der Waals surface area contributed by atoms with Crippen molar-refractivity contribution >= 4 is 5.96 Å². The van der Waals surface area contributed by atoms with Gasteiger partial charge in [0.05, 0.1) is 13.2 Å². The van der Waals surface area contributed by atoms with Crippen molar-refractivity contribution in [1.82, 2.24) is 10.6 Å². The highest BCUT2D eigenvalue weighted by atomic mass is 16.5. The molecule has 0 radical (unpaired) electrons. The lowest BCUT2D eigenvalue weighted by atomic mass is 9.84. The summed E-state index contributed by atoms with van der Waals surface area (Å²) in [6.45, 7) is 6.21. The molecule has 1 atom stereocenters. The first-order valence-electron chi connectivity index (χ1n) is 10.7. The van der Waals surface area contributed by atoms with Crippen molar-refractivity contribution in [3.8, 4) is 5.75 Å². The van der Waals surface area contributed by atoms with Crippen molar-refractivity contribution < 1.29 is 14.6 Å². The molecule has 1 unspecified atom stereocenters. The SMILES string of the molecule is CCNC(=NCc1ccccc1OCc1ccccc1)NCC1(CCO)CCOC1. The molecule has 0 bridgehead atoms. The van der Waals surface area contributed by atoms with Crippen molar-refractivity contribution in [1.29, 1.82) is 0 Å². The smallest absolute Gasteiger partial charge is 0.191 e. The molecule has 6 nitrogen and oxygen atoms in total. The van der Waals surface area contributed by atoms with Crippen LogP contribution in [0.25, 0.3) is 0 Å². The van der Waals surface area contributed by atoms with E-state index in [2.05, 4.69) is 29.7 Å². The van der Waals surface area contributed by atoms with E-state index >= 15 is 0 Å². The Hall–Kier alpha value is -2.57. The molecule has 0 aromatic heterocycles. The fourth-order valence-corrected chi connectivity index (χ4v) is 3.60. The van der Waals surface area contributed by atoms with Crippen LogP contribution in [0.4, 0.5) is 0 Å². The Bertz CT molecular complexity index is 789. The largest absolute Gasteiger partial charge is 0.489 e. The number of nitrogens with zero attached hydrogens (tertiary/aromatic N) is 1. The van der Waals surface area contributed by atoms with Crippen LogP contribution in [0.5, 0.6) is 5.75 Å². The summed E-state index contributed by atoms with van der Waals surface area (Å²) >= 11 is 0. The molecule has 1 fully saturated rings. The number of benzene rings is 2. The summed E-state index contributed by atoms with van der Waals surface area (Å²) < 4.78 is 11.6. The van der Waals surface area contributed by atoms with Gasteiger partial charge in [0.15, 0.2) is 5.96 Å². The maximum Gasteiger partial charge on any atom is 0.191 e. The van der Waals surface area contributed by atoms with Crippen molar-refractivity contribution in [3.63, 3.8) is 0 Å². The third-order valence-corrected chi connectivity index (χ3v) is 5.42. The number of hydrogen-bond acceptors (Lipinski definition) is 4. The summed E-state index contributed by atoms with van der Waals surface area (Å²) in [6, 6.07) is 18.2. The van der Waals surface area contributed by atoms with E-state index in [1.165, 1.54) is 0 Å². The Balaban J connectivity index is 1.62. The van der Waals surface area contributed by atoms with Gasteiger partial charge in [-0.05, 0) is 31.4 Å². The molecule has 3 rings (SSSR count). The lowest BCUT2D eigenvalue weighted by Crippen LogP contribution is -2.44. The zero-order chi connectivity index (χ0) is 21.1. The number of aliphatic hydroxyl groups is 1. The molecule has 1 saturated heterocycles. The second-order valence-corrected chi connectivity index (χ2v) is 7.71. The van der Waals surface area contributed by atoms with Crippen LogP contribution in [-0.2, 0) is 17.9 Å². The number of aliphatic hydroxyl groups excluding tert-OH is 1. The van der Waals surface area contributed by atoms with E-state index < -0.39 is 0 Å². The molecule has 1 aliphatic rings. The topological polar surface area (TPSA) is 75.1 Å². The number of guanidine groups is 1. The molecule has 3 N–H and O–H groups in total. The predicted molar refractivity (Wildman–Crippen MR) is 120 cm³/mol. The number of hydrogen-bond donors (Lipinski definition) is 3. The second kappa shape index (κ2) is 11.6. The van der Waals surface area contributed by atoms with E-state index in [9.17, 15) is 5.11 Å². The Morgan fingerprint density at radius 2 is 1.93 bits per heavy atom. The van der Waals surface area contributed by atoms with Gasteiger partial charge in [-0.15, -0.1) is 0 Å². The van der Waals surface area contributed by atoms with Crippen molar-refractivity contribution in [2.24, 2.45) is 10.4 Å². The number of nitrogens with one attached hydrogen (secondary N) is 2. The third-order valence-electron chi connectivity index (χ3n) is 5.42. The Kier molecular flexibility index (Phi) is 8.53. The summed E-state index contributed by atoms with van der Waals surface area (Å²) in [5.74, 6) is 1.61. The summed E-state index contributed by atoms with van der Waals surface area (Å²) in [5.41, 5.74) is 2.15. The van der Waals surface area contributed by atoms with Gasteiger partial charge in [-0.25, -0.2) is 4.99 Å². The van der Waals surface area contributed by atoms with Crippen LogP contribution in [0.2, 0.25) is 0 Å². The molecular formula is C24H33N3O3. The van der Waals surface area contributed by atoms with Gasteiger partial charge in [-0.3, -0.25) is 0 Å². The first-order chi connectivity index (χ1) is 14.7. The number of para-hydroxylation sites is 1. The van der Waals surface area contributed by atoms with E-state index in [0.717, 1.165) is 55.4 Å². The molecule has 1 aliphatic heterocycles. The summed E-state index contributed by atoms with van der Waals surface area (Å²) in [4.78, 5) is 4.76. The Morgan fingerprint density at radius 1 is 1.13 bits per heavy atom. The zero-order valence-electron chi connectivity index (χ0n) is 17.8. The molecule has 6 heteroatoms. The van der Waals surface area contributed by atoms with Crippen LogP contribution >= 0.6 is 0 Å². The molecule has 2 aromatic carbocycles. The fraction of sp³-hybridized carbons (Fsp3) is 0.458. The zero-order valence-corrected chi connectivity index (χ0v) is 17.8. The maximum atomic E-state index is 9.43. The van der Waals surface area contributed by atoms with E-state index in [1.54, 1.807) is 0 Å². The van der Waals surface area contributed by atoms with E-state index in [1.807, 2.05) is 42.5 Å². The molecule has 162 valence electrons. The van der Waals surface area contributed by atoms with E-state index in [-0.39, 0.29) is 12.0 Å². The monoisotopic (exact) mass is 411 g/mol. The maximum absolute atomic E-state index is 9.43. The molecule has 0 aliphatic carbocycles. The standard InChI is InChI=1S/C24H33N3O3/c1-2-25-23(27-18-24(12-14-28)13-15-29-19-24)26-16-21-10-6-7-11-22(21)30-17-20-8-4-3-5-9-20/h3-11,28H,2,12-19H2,1H3,(H2,25,26,27). The molecule has 1 heterocycles. The summed E-state index contributed by atoms with van der Waals surface area (Å²) in [6.07, 6.45) is 1.69. The lowest BCUT2D eigenvalue weighted by Gasteiger charge is -2.27. The number of aliphatic imine (C=N–C) groups is 1. The highest BCUT2D eigenvalue weighted by Gasteiger charge is 2.34. The van der Waals surface area contributed by atoms with Crippen molar-refractivity contribution in [3.05, 3.63) is 65.7 Å². The first-order valence-corrected chi connectivity index (χ1v) is 10.7. The van der Waals surface area contributed by atoms with Crippen LogP contribution in [0.15, 0.2) is 59.6 Å². The van der Waals surface area contributed by atoms with Gasteiger partial charge in [0.2, 0.25) is 0 Å². The van der Waals surface area contributed by atoms with Gasteiger partial charge < -0.3 is 25.2 Å². The third kappa shape index (κ3) is 6.47. The van der Waals surface area contributed by atoms with Gasteiger partial charge in [0.1, 0.15) is 12.4 Å². The van der Waals surface area contributed by atoms with E-state index in [4.69, 9.17) is 14.5 Å². The highest BCUT2D eigenvalue weighted by Crippen LogP contribution is 2.31. The highest BCUT2D eigenvalue weighted by molar-refractivity contribution is 5.79. The summed E-state index contributed by atoms with van der Waals surface area (Å²) in [7, 11) is 0. The molecule has 30 heavy (non-hydrogen) atoms. The van der Waals surface area contributed by atoms with Crippen LogP contribution in [0.3, 0.4) is 0 Å². The quantitative estimate of drug-likeness (QED) is 0.414. The molecule has 0 saturated carbocycles. The minimum atomic E-state index is -0.0261. The van der Waals surface area contributed by atoms with Crippen molar-refractivity contribution in [2.45, 2.75) is 32.9 Å². The van der Waals surface area contributed by atoms with E-state index in [0.29, 0.717) is 19.8 Å². The molecule has 0 amide bonds. The minimum absolute atomic E-state index is 0.0261. The number of rotatable bonds is 10. The van der Waals surface area contributed by atoms with Crippen molar-refractivity contribution in [2.75, 3.05) is 32.9 Å². The predicted octanol–water partition coefficient (Wildman–Crippen LogP) is 3.11. The van der Waals surface area contributed by atoms with Crippen LogP contribution in [0.1, 0.15) is 30.9 Å². The van der Waals surface area contributed by atoms with Gasteiger partial charge >= 0.3 is 0 Å². The molecule has 0 spiro atoms. The number of ether oxygens (including phenoxy) is 2. The van der Waals surface area contributed by atoms with Gasteiger partial charge in [0, 0.05) is 37.3 Å². The molecule has 2 aromatic rings. The van der Waals surface area contributed by atoms with Gasteiger partial charge in [-0.1, -0.05) is 48.5 Å². The van der Waals surface area contributed by atoms with Crippen LogP contribution < -0.4 is 15.4 Å². The molecular weight excluding hydrogens is 378 g/mol. The Morgan fingerprint density at radius 3 is 2.67 bits per heavy atom. The van der Waals surface area contributed by atoms with Crippen LogP contribution in [0, 0.1) is 5.41 Å². The average Bonchev–Trinajstić information content (AvgIpc) is 3.24. The van der Waals surface area contributed by atoms with Crippen LogP contribution in [-0.4, -0.2) is 44.0 Å². The lowest BCUT2D eigenvalue weighted by molar-refractivity contribution is 0.127. The Labute approximate surface area is 179 Å².